The monoisotopic (exact) mass is 417 g/mol. The topological polar surface area (TPSA) is 88.6 Å². The summed E-state index contributed by atoms with van der Waals surface area (Å²) in [6.07, 6.45) is 2.66. The van der Waals surface area contributed by atoms with E-state index in [0.29, 0.717) is 34.2 Å². The molecule has 0 spiro atoms. The first kappa shape index (κ1) is 18.7. The molecule has 3 aromatic rings. The van der Waals surface area contributed by atoms with E-state index in [4.69, 9.17) is 4.74 Å². The van der Waals surface area contributed by atoms with Crippen molar-refractivity contribution in [2.24, 2.45) is 0 Å². The van der Waals surface area contributed by atoms with Crippen molar-refractivity contribution in [1.82, 2.24) is 4.98 Å². The Morgan fingerprint density at radius 3 is 2.86 bits per heavy atom. The van der Waals surface area contributed by atoms with E-state index in [1.165, 1.54) is 21.9 Å². The number of nitrogens with zero attached hydrogens (tertiary/aromatic N) is 2. The quantitative estimate of drug-likeness (QED) is 0.704. The molecule has 1 amide bonds. The number of fused-ring (bicyclic) bond motifs is 2. The number of hydrogen-bond acceptors (Lipinski definition) is 6. The molecule has 9 heteroatoms. The van der Waals surface area contributed by atoms with Gasteiger partial charge in [-0.3, -0.25) is 14.4 Å². The summed E-state index contributed by atoms with van der Waals surface area (Å²) in [5, 5.41) is 3.31. The number of nitrogens with one attached hydrogen (secondary N) is 1. The number of benzene rings is 2. The lowest BCUT2D eigenvalue weighted by Gasteiger charge is -2.29. The maximum atomic E-state index is 12.7. The maximum absolute atomic E-state index is 12.7. The average molecular weight is 418 g/mol. The first-order valence-corrected chi connectivity index (χ1v) is 11.4. The minimum absolute atomic E-state index is 0.280. The highest BCUT2D eigenvalue weighted by atomic mass is 32.2. The highest BCUT2D eigenvalue weighted by Gasteiger charge is 2.25. The Labute approximate surface area is 167 Å². The summed E-state index contributed by atoms with van der Waals surface area (Å²) in [5.74, 6) is 0.376. The van der Waals surface area contributed by atoms with Gasteiger partial charge in [0.25, 0.3) is 5.91 Å². The van der Waals surface area contributed by atoms with Crippen LogP contribution in [0.15, 0.2) is 36.4 Å². The number of aryl methyl sites for hydroxylation is 1. The zero-order chi connectivity index (χ0) is 19.9. The number of aromatic nitrogens is 1. The molecular formula is C19H19N3O4S2. The number of amides is 1. The van der Waals surface area contributed by atoms with Crippen LogP contribution in [0.5, 0.6) is 5.75 Å². The molecule has 4 rings (SSSR count). The number of ether oxygens (including phenoxy) is 1. The predicted molar refractivity (Wildman–Crippen MR) is 111 cm³/mol. The summed E-state index contributed by atoms with van der Waals surface area (Å²) in [6, 6.07) is 10.7. The number of sulfonamides is 1. The molecule has 0 atom stereocenters. The fourth-order valence-corrected chi connectivity index (χ4v) is 5.23. The largest absolute Gasteiger partial charge is 0.494 e. The Morgan fingerprint density at radius 2 is 2.11 bits per heavy atom. The predicted octanol–water partition coefficient (Wildman–Crippen LogP) is 3.27. The van der Waals surface area contributed by atoms with Crippen molar-refractivity contribution >= 4 is 48.3 Å². The summed E-state index contributed by atoms with van der Waals surface area (Å²) >= 11 is 1.37. The van der Waals surface area contributed by atoms with Crippen molar-refractivity contribution in [3.8, 4) is 5.75 Å². The molecule has 7 nitrogen and oxygen atoms in total. The number of para-hydroxylation sites is 1. The van der Waals surface area contributed by atoms with Crippen LogP contribution in [-0.2, 0) is 16.4 Å². The summed E-state index contributed by atoms with van der Waals surface area (Å²) in [4.78, 5) is 17.2. The Bertz CT molecular complexity index is 1170. The van der Waals surface area contributed by atoms with E-state index in [2.05, 4.69) is 10.3 Å². The number of thiazole rings is 1. The molecule has 2 heterocycles. The Hall–Kier alpha value is -2.65. The molecule has 1 aliphatic heterocycles. The van der Waals surface area contributed by atoms with E-state index in [1.54, 1.807) is 25.3 Å². The number of methoxy groups -OCH3 is 1. The summed E-state index contributed by atoms with van der Waals surface area (Å²) in [7, 11) is -1.75. The molecule has 28 heavy (non-hydrogen) atoms. The van der Waals surface area contributed by atoms with Gasteiger partial charge >= 0.3 is 0 Å². The minimum atomic E-state index is -3.33. The Balaban J connectivity index is 1.61. The van der Waals surface area contributed by atoms with Crippen LogP contribution in [0.4, 0.5) is 10.8 Å². The third kappa shape index (κ3) is 3.43. The summed E-state index contributed by atoms with van der Waals surface area (Å²) in [6.45, 7) is 0.463. The van der Waals surface area contributed by atoms with Crippen LogP contribution in [0.1, 0.15) is 22.3 Å². The van der Waals surface area contributed by atoms with Crippen molar-refractivity contribution in [2.45, 2.75) is 12.8 Å². The van der Waals surface area contributed by atoms with Crippen LogP contribution in [-0.4, -0.2) is 39.2 Å². The molecule has 0 aliphatic carbocycles. The number of rotatable bonds is 4. The first-order valence-electron chi connectivity index (χ1n) is 8.72. The van der Waals surface area contributed by atoms with Gasteiger partial charge in [-0.1, -0.05) is 17.4 Å². The molecule has 1 aliphatic rings. The van der Waals surface area contributed by atoms with Crippen LogP contribution in [0.2, 0.25) is 0 Å². The van der Waals surface area contributed by atoms with Gasteiger partial charge in [0.15, 0.2) is 5.13 Å². The molecule has 146 valence electrons. The molecule has 0 bridgehead atoms. The van der Waals surface area contributed by atoms with E-state index in [0.717, 1.165) is 23.1 Å². The fraction of sp³-hybridized carbons (Fsp3) is 0.263. The Morgan fingerprint density at radius 1 is 1.29 bits per heavy atom. The Kier molecular flexibility index (Phi) is 4.72. The average Bonchev–Trinajstić information content (AvgIpc) is 3.08. The van der Waals surface area contributed by atoms with E-state index >= 15 is 0 Å². The van der Waals surface area contributed by atoms with E-state index in [-0.39, 0.29) is 5.91 Å². The lowest BCUT2D eigenvalue weighted by atomic mass is 10.0. The number of carbonyl (C=O) groups is 1. The van der Waals surface area contributed by atoms with Gasteiger partial charge in [0.2, 0.25) is 10.0 Å². The van der Waals surface area contributed by atoms with Gasteiger partial charge in [0, 0.05) is 12.1 Å². The molecule has 0 fully saturated rings. The van der Waals surface area contributed by atoms with Gasteiger partial charge in [0.05, 0.1) is 23.8 Å². The highest BCUT2D eigenvalue weighted by molar-refractivity contribution is 7.92. The normalized spacial score (nSPS) is 14.0. The van der Waals surface area contributed by atoms with Crippen LogP contribution in [0.3, 0.4) is 0 Å². The SMILES string of the molecule is COc1cccc2sc(NC(=O)c3ccc4c(c3)CCCN4S(C)(=O)=O)nc12. The fourth-order valence-electron chi connectivity index (χ4n) is 3.36. The zero-order valence-electron chi connectivity index (χ0n) is 15.4. The second-order valence-electron chi connectivity index (χ2n) is 6.56. The highest BCUT2D eigenvalue weighted by Crippen LogP contribution is 2.33. The van der Waals surface area contributed by atoms with Crippen molar-refractivity contribution in [1.29, 1.82) is 0 Å². The molecule has 0 unspecified atom stereocenters. The van der Waals surface area contributed by atoms with Crippen molar-refractivity contribution in [3.05, 3.63) is 47.5 Å². The second-order valence-corrected chi connectivity index (χ2v) is 9.50. The standard InChI is InChI=1S/C19H19N3O4S2/c1-26-15-6-3-7-16-17(15)20-19(27-16)21-18(23)13-8-9-14-12(11-13)5-4-10-22(14)28(2,24)25/h3,6-9,11H,4-5,10H2,1-2H3,(H,20,21,23). The van der Waals surface area contributed by atoms with Gasteiger partial charge in [-0.15, -0.1) is 0 Å². The summed E-state index contributed by atoms with van der Waals surface area (Å²) in [5.41, 5.74) is 2.69. The van der Waals surface area contributed by atoms with Crippen LogP contribution < -0.4 is 14.4 Å². The van der Waals surface area contributed by atoms with E-state index in [1.807, 2.05) is 18.2 Å². The van der Waals surface area contributed by atoms with E-state index < -0.39 is 10.0 Å². The zero-order valence-corrected chi connectivity index (χ0v) is 17.1. The van der Waals surface area contributed by atoms with Gasteiger partial charge in [-0.05, 0) is 48.7 Å². The molecule has 0 saturated heterocycles. The lowest BCUT2D eigenvalue weighted by molar-refractivity contribution is 0.102. The van der Waals surface area contributed by atoms with Crippen LogP contribution >= 0.6 is 11.3 Å². The minimum Gasteiger partial charge on any atom is -0.494 e. The molecule has 2 aromatic carbocycles. The van der Waals surface area contributed by atoms with Gasteiger partial charge in [-0.2, -0.15) is 0 Å². The summed E-state index contributed by atoms with van der Waals surface area (Å²) < 4.78 is 31.6. The van der Waals surface area contributed by atoms with Crippen LogP contribution in [0, 0.1) is 0 Å². The molecular weight excluding hydrogens is 398 g/mol. The number of anilines is 2. The number of carbonyl (C=O) groups excluding carboxylic acids is 1. The van der Waals surface area contributed by atoms with E-state index in [9.17, 15) is 13.2 Å². The molecule has 1 aromatic heterocycles. The molecule has 0 saturated carbocycles. The van der Waals surface area contributed by atoms with Crippen molar-refractivity contribution in [2.75, 3.05) is 29.5 Å². The van der Waals surface area contributed by atoms with Crippen molar-refractivity contribution in [3.63, 3.8) is 0 Å². The first-order chi connectivity index (χ1) is 13.4. The lowest BCUT2D eigenvalue weighted by Crippen LogP contribution is -2.34. The van der Waals surface area contributed by atoms with Crippen molar-refractivity contribution < 1.29 is 17.9 Å². The third-order valence-electron chi connectivity index (χ3n) is 4.64. The second kappa shape index (κ2) is 7.06. The van der Waals surface area contributed by atoms with Gasteiger partial charge < -0.3 is 4.74 Å². The number of hydrogen-bond donors (Lipinski definition) is 1. The molecule has 1 N–H and O–H groups in total. The third-order valence-corrected chi connectivity index (χ3v) is 6.76. The maximum Gasteiger partial charge on any atom is 0.257 e. The van der Waals surface area contributed by atoms with Gasteiger partial charge in [-0.25, -0.2) is 13.4 Å². The van der Waals surface area contributed by atoms with Crippen LogP contribution in [0.25, 0.3) is 10.2 Å². The molecule has 0 radical (unpaired) electrons. The van der Waals surface area contributed by atoms with Gasteiger partial charge in [0.1, 0.15) is 11.3 Å². The smallest absolute Gasteiger partial charge is 0.257 e.